The lowest BCUT2D eigenvalue weighted by Gasteiger charge is -2.31. The van der Waals surface area contributed by atoms with E-state index in [1.54, 1.807) is 23.7 Å². The van der Waals surface area contributed by atoms with Gasteiger partial charge in [0.15, 0.2) is 11.5 Å². The van der Waals surface area contributed by atoms with E-state index in [-0.39, 0.29) is 11.2 Å². The van der Waals surface area contributed by atoms with Crippen LogP contribution in [0.15, 0.2) is 29.3 Å². The number of imidazole rings is 1. The first-order valence-corrected chi connectivity index (χ1v) is 9.79. The van der Waals surface area contributed by atoms with Crippen molar-refractivity contribution in [1.29, 1.82) is 0 Å². The summed E-state index contributed by atoms with van der Waals surface area (Å²) in [6, 6.07) is 2.76. The number of rotatable bonds is 2. The van der Waals surface area contributed by atoms with Gasteiger partial charge in [-0.3, -0.25) is 4.79 Å². The Hall–Kier alpha value is -2.85. The number of anilines is 1. The number of halogens is 1. The van der Waals surface area contributed by atoms with Crippen LogP contribution < -0.4 is 10.5 Å². The van der Waals surface area contributed by atoms with Gasteiger partial charge in [0.2, 0.25) is 10.1 Å². The molecular weight excluding hydrogens is 381 g/mol. The van der Waals surface area contributed by atoms with E-state index >= 15 is 0 Å². The van der Waals surface area contributed by atoms with Gasteiger partial charge in [-0.1, -0.05) is 11.3 Å². The number of aromatic nitrogens is 5. The summed E-state index contributed by atoms with van der Waals surface area (Å²) in [7, 11) is 2.09. The van der Waals surface area contributed by atoms with E-state index < -0.39 is 5.82 Å². The van der Waals surface area contributed by atoms with Gasteiger partial charge < -0.3 is 14.2 Å². The fourth-order valence-electron chi connectivity index (χ4n) is 3.39. The van der Waals surface area contributed by atoms with E-state index in [1.807, 2.05) is 0 Å². The zero-order chi connectivity index (χ0) is 19.4. The van der Waals surface area contributed by atoms with Gasteiger partial charge in [-0.2, -0.15) is 4.52 Å². The van der Waals surface area contributed by atoms with Crippen molar-refractivity contribution in [2.75, 3.05) is 38.1 Å². The van der Waals surface area contributed by atoms with Gasteiger partial charge in [0.1, 0.15) is 0 Å². The van der Waals surface area contributed by atoms with Crippen molar-refractivity contribution in [3.05, 3.63) is 46.4 Å². The van der Waals surface area contributed by atoms with Gasteiger partial charge in [0.05, 0.1) is 11.4 Å². The maximum Gasteiger partial charge on any atom is 0.275 e. The number of fused-ring (bicyclic) bond motifs is 2. The Labute approximate surface area is 163 Å². The van der Waals surface area contributed by atoms with E-state index in [0.29, 0.717) is 16.2 Å². The first-order valence-electron chi connectivity index (χ1n) is 8.97. The molecule has 8 nitrogen and oxygen atoms in total. The second-order valence-corrected chi connectivity index (χ2v) is 7.97. The number of hydrogen-bond acceptors (Lipinski definition) is 7. The van der Waals surface area contributed by atoms with Crippen LogP contribution >= 0.6 is 11.3 Å². The summed E-state index contributed by atoms with van der Waals surface area (Å²) < 4.78 is 17.4. The first-order chi connectivity index (χ1) is 13.5. The predicted molar refractivity (Wildman–Crippen MR) is 106 cm³/mol. The molecule has 28 heavy (non-hydrogen) atoms. The minimum atomic E-state index is -0.449. The first kappa shape index (κ1) is 17.3. The van der Waals surface area contributed by atoms with Crippen molar-refractivity contribution in [2.45, 2.75) is 6.92 Å². The van der Waals surface area contributed by atoms with E-state index in [9.17, 15) is 9.18 Å². The molecule has 5 heterocycles. The summed E-state index contributed by atoms with van der Waals surface area (Å²) in [6.07, 6.45) is 3.48. The third-order valence-electron chi connectivity index (χ3n) is 4.93. The highest BCUT2D eigenvalue weighted by Crippen LogP contribution is 2.25. The van der Waals surface area contributed by atoms with E-state index in [4.69, 9.17) is 0 Å². The summed E-state index contributed by atoms with van der Waals surface area (Å²) in [6.45, 7) is 5.43. The Morgan fingerprint density at radius 3 is 2.68 bits per heavy atom. The van der Waals surface area contributed by atoms with Crippen LogP contribution in [0.25, 0.3) is 21.9 Å². The Morgan fingerprint density at radius 1 is 1.11 bits per heavy atom. The van der Waals surface area contributed by atoms with Crippen LogP contribution in [0.1, 0.15) is 5.69 Å². The van der Waals surface area contributed by atoms with Crippen LogP contribution in [-0.2, 0) is 0 Å². The minimum Gasteiger partial charge on any atom is -0.344 e. The summed E-state index contributed by atoms with van der Waals surface area (Å²) in [5.74, 6) is -0.449. The molecule has 0 aromatic carbocycles. The molecule has 0 bridgehead atoms. The third kappa shape index (κ3) is 2.85. The molecule has 1 aliphatic rings. The molecule has 0 amide bonds. The monoisotopic (exact) mass is 399 g/mol. The van der Waals surface area contributed by atoms with Crippen LogP contribution in [-0.4, -0.2) is 62.1 Å². The Kier molecular flexibility index (Phi) is 3.91. The second-order valence-electron chi connectivity index (χ2n) is 7.04. The molecule has 0 atom stereocenters. The van der Waals surface area contributed by atoms with Crippen LogP contribution in [0.2, 0.25) is 0 Å². The topological polar surface area (TPSA) is 71.0 Å². The Balaban J connectivity index is 1.58. The van der Waals surface area contributed by atoms with Crippen molar-refractivity contribution >= 4 is 27.1 Å². The van der Waals surface area contributed by atoms with Crippen LogP contribution in [0.4, 0.5) is 9.52 Å². The molecule has 1 fully saturated rings. The second kappa shape index (κ2) is 6.35. The number of aryl methyl sites for hydroxylation is 1. The fraction of sp³-hybridized carbons (Fsp3) is 0.333. The average molecular weight is 399 g/mol. The van der Waals surface area contributed by atoms with Crippen molar-refractivity contribution in [2.24, 2.45) is 0 Å². The number of likely N-dealkylation sites (N-methyl/N-ethyl adjacent to an activating group) is 1. The molecule has 4 aromatic heterocycles. The molecule has 0 saturated carbocycles. The lowest BCUT2D eigenvalue weighted by molar-refractivity contribution is 0.312. The number of pyridine rings is 1. The normalized spacial score (nSPS) is 15.8. The zero-order valence-corrected chi connectivity index (χ0v) is 16.3. The summed E-state index contributed by atoms with van der Waals surface area (Å²) in [4.78, 5) is 26.3. The van der Waals surface area contributed by atoms with Gasteiger partial charge in [0.25, 0.3) is 5.56 Å². The van der Waals surface area contributed by atoms with Crippen molar-refractivity contribution in [3.63, 3.8) is 0 Å². The number of nitrogens with zero attached hydrogens (tertiary/aromatic N) is 7. The minimum absolute atomic E-state index is 0.259. The predicted octanol–water partition coefficient (Wildman–Crippen LogP) is 1.67. The molecule has 0 aliphatic carbocycles. The lowest BCUT2D eigenvalue weighted by Crippen LogP contribution is -2.44. The summed E-state index contributed by atoms with van der Waals surface area (Å²) >= 11 is 1.38. The molecule has 10 heteroatoms. The number of hydrogen-bond donors (Lipinski definition) is 0. The average Bonchev–Trinajstić information content (AvgIpc) is 3.26. The molecule has 0 N–H and O–H groups in total. The van der Waals surface area contributed by atoms with E-state index in [0.717, 1.165) is 37.0 Å². The quantitative estimate of drug-likeness (QED) is 0.511. The Morgan fingerprint density at radius 2 is 1.89 bits per heavy atom. The van der Waals surface area contributed by atoms with Crippen LogP contribution in [0.5, 0.6) is 0 Å². The molecule has 0 spiro atoms. The highest BCUT2D eigenvalue weighted by molar-refractivity contribution is 7.20. The molecule has 144 valence electrons. The third-order valence-corrected chi connectivity index (χ3v) is 5.90. The molecule has 0 unspecified atom stereocenters. The fourth-order valence-corrected chi connectivity index (χ4v) is 4.35. The molecule has 1 saturated heterocycles. The van der Waals surface area contributed by atoms with Gasteiger partial charge in [-0.15, -0.1) is 5.10 Å². The molecule has 1 aliphatic heterocycles. The standard InChI is InChI=1S/C18H18FN7OS/c1-11-9-25-10-12(7-13(19)16(25)20-11)14-8-15(27)26-17(21-14)28-18(22-26)24-5-3-23(2)4-6-24/h7-10H,3-6H2,1-2H3. The van der Waals surface area contributed by atoms with Crippen molar-refractivity contribution in [1.82, 2.24) is 28.9 Å². The van der Waals surface area contributed by atoms with Gasteiger partial charge >= 0.3 is 0 Å². The highest BCUT2D eigenvalue weighted by atomic mass is 32.1. The SMILES string of the molecule is Cc1cn2cc(-c3cc(=O)n4nc(N5CCN(C)CC5)sc4n3)cc(F)c2n1. The Bertz CT molecular complexity index is 1250. The van der Waals surface area contributed by atoms with Crippen LogP contribution in [0.3, 0.4) is 0 Å². The summed E-state index contributed by atoms with van der Waals surface area (Å²) in [5, 5.41) is 5.22. The van der Waals surface area contributed by atoms with E-state index in [2.05, 4.69) is 31.9 Å². The number of piperazine rings is 1. The van der Waals surface area contributed by atoms with Crippen molar-refractivity contribution < 1.29 is 4.39 Å². The smallest absolute Gasteiger partial charge is 0.275 e. The summed E-state index contributed by atoms with van der Waals surface area (Å²) in [5.41, 5.74) is 1.65. The molecular formula is C18H18FN7OS. The van der Waals surface area contributed by atoms with Crippen LogP contribution in [0, 0.1) is 12.7 Å². The molecule has 4 aromatic rings. The van der Waals surface area contributed by atoms with Gasteiger partial charge in [0, 0.05) is 50.2 Å². The zero-order valence-electron chi connectivity index (χ0n) is 15.5. The highest BCUT2D eigenvalue weighted by Gasteiger charge is 2.19. The lowest BCUT2D eigenvalue weighted by atomic mass is 10.2. The van der Waals surface area contributed by atoms with Gasteiger partial charge in [-0.05, 0) is 20.0 Å². The maximum atomic E-state index is 14.4. The molecule has 5 rings (SSSR count). The molecule has 0 radical (unpaired) electrons. The van der Waals surface area contributed by atoms with Crippen molar-refractivity contribution in [3.8, 4) is 11.3 Å². The van der Waals surface area contributed by atoms with Gasteiger partial charge in [-0.25, -0.2) is 14.4 Å². The van der Waals surface area contributed by atoms with E-state index in [1.165, 1.54) is 28.0 Å². The maximum absolute atomic E-state index is 14.4. The largest absolute Gasteiger partial charge is 0.344 e.